The molecule has 5 heterocycles. The van der Waals surface area contributed by atoms with Gasteiger partial charge in [-0.15, -0.1) is 5.10 Å². The Balaban J connectivity index is 1.27. The Labute approximate surface area is 281 Å². The van der Waals surface area contributed by atoms with Crippen LogP contribution in [0.2, 0.25) is 0 Å². The molecule has 1 amide bonds. The summed E-state index contributed by atoms with van der Waals surface area (Å²) in [5.74, 6) is 6.35. The largest absolute Gasteiger partial charge is 0.384 e. The number of pyridine rings is 1. The number of nitrogen functional groups attached to an aromatic ring is 1. The lowest BCUT2D eigenvalue weighted by Crippen LogP contribution is -2.52. The highest BCUT2D eigenvalue weighted by Crippen LogP contribution is 2.30. The van der Waals surface area contributed by atoms with Gasteiger partial charge >= 0.3 is 0 Å². The first-order valence-corrected chi connectivity index (χ1v) is 15.9. The number of fused-ring (bicyclic) bond motifs is 2. The van der Waals surface area contributed by atoms with Gasteiger partial charge in [-0.25, -0.2) is 9.50 Å². The molecule has 1 fully saturated rings. The van der Waals surface area contributed by atoms with Crippen molar-refractivity contribution in [1.29, 1.82) is 0 Å². The predicted molar refractivity (Wildman–Crippen MR) is 184 cm³/mol. The van der Waals surface area contributed by atoms with E-state index in [1.54, 1.807) is 38.8 Å². The van der Waals surface area contributed by atoms with Crippen molar-refractivity contribution in [3.63, 3.8) is 0 Å². The number of benzene rings is 2. The molecule has 6 aromatic rings. The zero-order chi connectivity index (χ0) is 34.4. The maximum atomic E-state index is 14.5. The van der Waals surface area contributed by atoms with Crippen LogP contribution in [0.5, 0.6) is 0 Å². The summed E-state index contributed by atoms with van der Waals surface area (Å²) in [6, 6.07) is 18.0. The minimum atomic E-state index is -1.23. The van der Waals surface area contributed by atoms with Crippen LogP contribution in [0.3, 0.4) is 0 Å². The van der Waals surface area contributed by atoms with Gasteiger partial charge in [0.15, 0.2) is 11.5 Å². The molecule has 0 aliphatic carbocycles. The van der Waals surface area contributed by atoms with Crippen molar-refractivity contribution in [3.05, 3.63) is 118 Å². The van der Waals surface area contributed by atoms with Gasteiger partial charge in [0.2, 0.25) is 0 Å². The second-order valence-corrected chi connectivity index (χ2v) is 12.2. The standard InChI is InChI=1S/C36H35N9O4/c1-21(40-34(47)30-32(37)41-44-16-8-15-38-33(30)44)28-17-24-10-7-9-23(29(24)36(49)45(28)27-11-5-4-6-12-27)13-14-25-18-39-42(3)31(25)26-19-43(20-26)35(48)22(2)46/h4-12,15-18,21-22,26,34,40,46-47H,19-20H2,1-3H3,(H2,37,41). The number of carbonyl (C=O) groups excluding carboxylic acids is 1. The summed E-state index contributed by atoms with van der Waals surface area (Å²) in [5, 5.41) is 34.0. The number of likely N-dealkylation sites (tertiary alicyclic amines) is 1. The molecule has 3 unspecified atom stereocenters. The molecule has 49 heavy (non-hydrogen) atoms. The van der Waals surface area contributed by atoms with Crippen LogP contribution in [-0.4, -0.2) is 69.2 Å². The van der Waals surface area contributed by atoms with E-state index in [0.717, 1.165) is 5.69 Å². The Morgan fingerprint density at radius 3 is 2.55 bits per heavy atom. The third kappa shape index (κ3) is 5.72. The lowest BCUT2D eigenvalue weighted by molar-refractivity contribution is -0.143. The molecule has 0 bridgehead atoms. The number of rotatable bonds is 7. The van der Waals surface area contributed by atoms with Gasteiger partial charge in [-0.3, -0.25) is 24.2 Å². The number of aromatic nitrogens is 6. The van der Waals surface area contributed by atoms with Gasteiger partial charge < -0.3 is 20.8 Å². The van der Waals surface area contributed by atoms with E-state index in [1.165, 1.54) is 11.4 Å². The fourth-order valence-electron chi connectivity index (χ4n) is 6.50. The van der Waals surface area contributed by atoms with Crippen molar-refractivity contribution < 1.29 is 15.0 Å². The Hall–Kier alpha value is -5.81. The average molecular weight is 658 g/mol. The molecule has 13 nitrogen and oxygen atoms in total. The number of aliphatic hydroxyl groups excluding tert-OH is 2. The Kier molecular flexibility index (Phi) is 8.21. The first-order chi connectivity index (χ1) is 23.6. The van der Waals surface area contributed by atoms with Crippen LogP contribution in [0.1, 0.15) is 60.1 Å². The fraction of sp³-hybridized carbons (Fsp3) is 0.250. The maximum Gasteiger partial charge on any atom is 0.264 e. The van der Waals surface area contributed by atoms with E-state index in [0.29, 0.717) is 57.6 Å². The van der Waals surface area contributed by atoms with Gasteiger partial charge in [0, 0.05) is 61.4 Å². The van der Waals surface area contributed by atoms with Crippen LogP contribution < -0.4 is 16.6 Å². The Morgan fingerprint density at radius 2 is 1.80 bits per heavy atom. The van der Waals surface area contributed by atoms with Crippen LogP contribution in [0.25, 0.3) is 22.1 Å². The smallest absolute Gasteiger partial charge is 0.264 e. The van der Waals surface area contributed by atoms with E-state index in [-0.39, 0.29) is 23.2 Å². The summed E-state index contributed by atoms with van der Waals surface area (Å²) < 4.78 is 4.90. The van der Waals surface area contributed by atoms with Crippen molar-refractivity contribution in [3.8, 4) is 17.5 Å². The number of amides is 1. The van der Waals surface area contributed by atoms with E-state index in [4.69, 9.17) is 5.73 Å². The predicted octanol–water partition coefficient (Wildman–Crippen LogP) is 2.40. The molecule has 7 rings (SSSR count). The van der Waals surface area contributed by atoms with Crippen LogP contribution in [0.4, 0.5) is 5.82 Å². The third-order valence-corrected chi connectivity index (χ3v) is 8.93. The zero-order valence-electron chi connectivity index (χ0n) is 27.1. The molecular formula is C36H35N9O4. The van der Waals surface area contributed by atoms with Gasteiger partial charge in [-0.2, -0.15) is 5.10 Å². The fourth-order valence-corrected chi connectivity index (χ4v) is 6.50. The number of para-hydroxylation sites is 1. The molecule has 4 aromatic heterocycles. The number of nitrogens with one attached hydrogen (secondary N) is 1. The Bertz CT molecular complexity index is 2330. The first kappa shape index (κ1) is 31.8. The van der Waals surface area contributed by atoms with Gasteiger partial charge in [0.05, 0.1) is 28.4 Å². The molecule has 13 heteroatoms. The van der Waals surface area contributed by atoms with Crippen molar-refractivity contribution in [2.24, 2.45) is 7.05 Å². The summed E-state index contributed by atoms with van der Waals surface area (Å²) in [6.45, 7) is 4.27. The van der Waals surface area contributed by atoms with Gasteiger partial charge in [-0.1, -0.05) is 42.2 Å². The minimum absolute atomic E-state index is 0.0288. The molecular weight excluding hydrogens is 622 g/mol. The SMILES string of the molecule is CC(O)C(=O)N1CC(c2c(C#Cc3cccc4cc(C(C)NC(O)c5c(N)nn6cccnc56)n(-c5ccccc5)c(=O)c34)cnn2C)C1. The van der Waals surface area contributed by atoms with E-state index in [9.17, 15) is 19.8 Å². The highest BCUT2D eigenvalue weighted by Gasteiger charge is 2.36. The molecule has 0 saturated carbocycles. The molecule has 0 spiro atoms. The molecule has 0 radical (unpaired) electrons. The summed E-state index contributed by atoms with van der Waals surface area (Å²) in [7, 11) is 1.84. The van der Waals surface area contributed by atoms with E-state index >= 15 is 0 Å². The summed E-state index contributed by atoms with van der Waals surface area (Å²) in [6.07, 6.45) is 2.72. The molecule has 248 valence electrons. The number of carbonyl (C=O) groups is 1. The topological polar surface area (TPSA) is 169 Å². The molecule has 2 aromatic carbocycles. The second kappa shape index (κ2) is 12.7. The maximum absolute atomic E-state index is 14.5. The van der Waals surface area contributed by atoms with Crippen LogP contribution in [-0.2, 0) is 11.8 Å². The molecule has 1 aliphatic rings. The second-order valence-electron chi connectivity index (χ2n) is 12.2. The monoisotopic (exact) mass is 657 g/mol. The molecule has 3 atom stereocenters. The van der Waals surface area contributed by atoms with Crippen LogP contribution in [0, 0.1) is 11.8 Å². The number of aliphatic hydroxyl groups is 2. The molecule has 1 aliphatic heterocycles. The van der Waals surface area contributed by atoms with Gasteiger partial charge in [0.25, 0.3) is 11.5 Å². The number of aryl methyl sites for hydroxylation is 1. The van der Waals surface area contributed by atoms with Crippen LogP contribution in [0.15, 0.2) is 84.0 Å². The zero-order valence-corrected chi connectivity index (χ0v) is 27.1. The first-order valence-electron chi connectivity index (χ1n) is 15.9. The van der Waals surface area contributed by atoms with Crippen LogP contribution >= 0.6 is 0 Å². The van der Waals surface area contributed by atoms with Crippen molar-refractivity contribution in [2.45, 2.75) is 38.1 Å². The normalized spacial score (nSPS) is 15.1. The third-order valence-electron chi connectivity index (χ3n) is 8.93. The highest BCUT2D eigenvalue weighted by molar-refractivity contribution is 5.88. The van der Waals surface area contributed by atoms with E-state index < -0.39 is 18.4 Å². The Morgan fingerprint density at radius 1 is 1.04 bits per heavy atom. The van der Waals surface area contributed by atoms with Crippen molar-refractivity contribution in [2.75, 3.05) is 18.8 Å². The van der Waals surface area contributed by atoms with Gasteiger partial charge in [0.1, 0.15) is 12.3 Å². The lowest BCUT2D eigenvalue weighted by Gasteiger charge is -2.40. The molecule has 1 saturated heterocycles. The summed E-state index contributed by atoms with van der Waals surface area (Å²) in [5.41, 5.74) is 10.1. The van der Waals surface area contributed by atoms with E-state index in [2.05, 4.69) is 32.3 Å². The quantitative estimate of drug-likeness (QED) is 0.149. The van der Waals surface area contributed by atoms with Gasteiger partial charge in [-0.05, 0) is 49.6 Å². The number of hydrogen-bond acceptors (Lipinski definition) is 9. The number of hydrogen-bond donors (Lipinski definition) is 4. The highest BCUT2D eigenvalue weighted by atomic mass is 16.3. The summed E-state index contributed by atoms with van der Waals surface area (Å²) in [4.78, 5) is 32.7. The average Bonchev–Trinajstić information content (AvgIpc) is 3.61. The lowest BCUT2D eigenvalue weighted by atomic mass is 9.93. The van der Waals surface area contributed by atoms with Crippen molar-refractivity contribution >= 4 is 28.1 Å². The van der Waals surface area contributed by atoms with E-state index in [1.807, 2.05) is 68.6 Å². The number of nitrogens with zero attached hydrogens (tertiary/aromatic N) is 7. The summed E-state index contributed by atoms with van der Waals surface area (Å²) >= 11 is 0. The number of anilines is 1. The minimum Gasteiger partial charge on any atom is -0.384 e. The molecule has 5 N–H and O–H groups in total. The number of nitrogens with two attached hydrogens (primary N) is 1. The van der Waals surface area contributed by atoms with Crippen molar-refractivity contribution in [1.82, 2.24) is 39.2 Å².